The van der Waals surface area contributed by atoms with Gasteiger partial charge >= 0.3 is 17.9 Å². The Kier molecular flexibility index (Phi) is 54.9. The zero-order valence-electron chi connectivity index (χ0n) is 45.8. The SMILES string of the molecule is CC/C=C\C/C=C\C/C=C\C/C=C\C/C=C\C/C=C\C/C=C\CCCCCC(=O)OCC(COC(=O)CCCCCCC/C=C\CCCC)OC(=O)CCCCCCCCCCCCCCCCCC. The van der Waals surface area contributed by atoms with Gasteiger partial charge in [0.1, 0.15) is 13.2 Å². The van der Waals surface area contributed by atoms with Crippen LogP contribution in [-0.2, 0) is 28.6 Å². The molecule has 0 fully saturated rings. The van der Waals surface area contributed by atoms with Gasteiger partial charge in [0, 0.05) is 19.3 Å². The maximum Gasteiger partial charge on any atom is 0.306 e. The van der Waals surface area contributed by atoms with Gasteiger partial charge in [-0.25, -0.2) is 0 Å². The van der Waals surface area contributed by atoms with E-state index in [-0.39, 0.29) is 31.1 Å². The lowest BCUT2D eigenvalue weighted by atomic mass is 10.0. The van der Waals surface area contributed by atoms with Crippen LogP contribution < -0.4 is 0 Å². The molecule has 0 rings (SSSR count). The summed E-state index contributed by atoms with van der Waals surface area (Å²) in [7, 11) is 0. The molecule has 0 aliphatic rings. The smallest absolute Gasteiger partial charge is 0.306 e. The molecular weight excluding hydrogens is 865 g/mol. The second-order valence-corrected chi connectivity index (χ2v) is 19.2. The van der Waals surface area contributed by atoms with Crippen molar-refractivity contribution >= 4 is 17.9 Å². The number of hydrogen-bond donors (Lipinski definition) is 0. The third-order valence-corrected chi connectivity index (χ3v) is 12.3. The van der Waals surface area contributed by atoms with E-state index in [1.54, 1.807) is 0 Å². The molecule has 0 aromatic rings. The quantitative estimate of drug-likeness (QED) is 0.0262. The molecule has 0 saturated carbocycles. The molecule has 0 N–H and O–H groups in total. The number of esters is 3. The van der Waals surface area contributed by atoms with Crippen LogP contribution in [-0.4, -0.2) is 37.2 Å². The van der Waals surface area contributed by atoms with E-state index >= 15 is 0 Å². The van der Waals surface area contributed by atoms with Crippen molar-refractivity contribution in [1.82, 2.24) is 0 Å². The normalized spacial score (nSPS) is 12.8. The average molecular weight is 974 g/mol. The molecule has 1 unspecified atom stereocenters. The Morgan fingerprint density at radius 1 is 0.300 bits per heavy atom. The fourth-order valence-corrected chi connectivity index (χ4v) is 7.93. The first-order chi connectivity index (χ1) is 34.5. The summed E-state index contributed by atoms with van der Waals surface area (Å²) in [5.41, 5.74) is 0. The number of allylic oxidation sites excluding steroid dienone is 16. The Morgan fingerprint density at radius 2 is 0.571 bits per heavy atom. The van der Waals surface area contributed by atoms with E-state index in [0.717, 1.165) is 116 Å². The minimum Gasteiger partial charge on any atom is -0.462 e. The molecular formula is C64H108O6. The summed E-state index contributed by atoms with van der Waals surface area (Å²) in [6.07, 6.45) is 76.9. The van der Waals surface area contributed by atoms with Crippen LogP contribution in [0, 0.1) is 0 Å². The van der Waals surface area contributed by atoms with Gasteiger partial charge < -0.3 is 14.2 Å². The summed E-state index contributed by atoms with van der Waals surface area (Å²) in [6, 6.07) is 0. The van der Waals surface area contributed by atoms with Crippen molar-refractivity contribution in [3.8, 4) is 0 Å². The average Bonchev–Trinajstić information content (AvgIpc) is 3.36. The molecule has 0 aliphatic heterocycles. The lowest BCUT2D eigenvalue weighted by Gasteiger charge is -2.18. The molecule has 0 saturated heterocycles. The first-order valence-electron chi connectivity index (χ1n) is 29.2. The van der Waals surface area contributed by atoms with Crippen molar-refractivity contribution in [2.24, 2.45) is 0 Å². The van der Waals surface area contributed by atoms with E-state index in [9.17, 15) is 14.4 Å². The fourth-order valence-electron chi connectivity index (χ4n) is 7.93. The predicted octanol–water partition coefficient (Wildman–Crippen LogP) is 19.7. The Bertz CT molecular complexity index is 1400. The standard InChI is InChI=1S/C64H108O6/c1-4-7-10-13-16-19-22-24-26-28-29-30-31-32-33-34-35-36-38-39-42-45-48-51-54-57-63(66)69-60-61(59-68-62(65)56-53-50-47-44-41-21-18-15-12-9-6-3)70-64(67)58-55-52-49-46-43-40-37-27-25-23-20-17-14-11-8-5-2/h7,10,15-16,18-19,24,26,29-30,32-33,35-36,39,42,61H,4-6,8-9,11-14,17,20-23,25,27-28,31,34,37-38,40-41,43-60H2,1-3H3/b10-7-,18-15-,19-16-,26-24-,30-29-,33-32-,36-35-,42-39-. The van der Waals surface area contributed by atoms with Crippen LogP contribution in [0.5, 0.6) is 0 Å². The highest BCUT2D eigenvalue weighted by atomic mass is 16.6. The van der Waals surface area contributed by atoms with Gasteiger partial charge in [-0.1, -0.05) is 253 Å². The Labute approximate surface area is 432 Å². The monoisotopic (exact) mass is 973 g/mol. The zero-order valence-corrected chi connectivity index (χ0v) is 45.8. The number of hydrogen-bond acceptors (Lipinski definition) is 6. The number of rotatable bonds is 52. The maximum absolute atomic E-state index is 12.8. The van der Waals surface area contributed by atoms with Gasteiger partial charge in [-0.05, 0) is 96.3 Å². The largest absolute Gasteiger partial charge is 0.462 e. The van der Waals surface area contributed by atoms with Crippen molar-refractivity contribution in [2.75, 3.05) is 13.2 Å². The lowest BCUT2D eigenvalue weighted by Crippen LogP contribution is -2.30. The second-order valence-electron chi connectivity index (χ2n) is 19.2. The number of ether oxygens (including phenoxy) is 3. The van der Waals surface area contributed by atoms with Gasteiger partial charge in [-0.2, -0.15) is 0 Å². The van der Waals surface area contributed by atoms with Crippen LogP contribution in [0.2, 0.25) is 0 Å². The molecule has 70 heavy (non-hydrogen) atoms. The van der Waals surface area contributed by atoms with E-state index in [1.165, 1.54) is 116 Å². The van der Waals surface area contributed by atoms with Crippen LogP contribution in [0.25, 0.3) is 0 Å². The summed E-state index contributed by atoms with van der Waals surface area (Å²) < 4.78 is 16.8. The molecule has 0 aromatic carbocycles. The molecule has 0 radical (unpaired) electrons. The molecule has 400 valence electrons. The summed E-state index contributed by atoms with van der Waals surface area (Å²) in [5, 5.41) is 0. The first kappa shape index (κ1) is 66.3. The van der Waals surface area contributed by atoms with E-state index in [1.807, 2.05) is 0 Å². The van der Waals surface area contributed by atoms with Gasteiger partial charge in [0.25, 0.3) is 0 Å². The molecule has 0 aromatic heterocycles. The minimum absolute atomic E-state index is 0.0912. The van der Waals surface area contributed by atoms with Crippen molar-refractivity contribution in [2.45, 2.75) is 277 Å². The predicted molar refractivity (Wildman–Crippen MR) is 302 cm³/mol. The Balaban J connectivity index is 4.38. The van der Waals surface area contributed by atoms with Gasteiger partial charge in [-0.15, -0.1) is 0 Å². The van der Waals surface area contributed by atoms with E-state index in [4.69, 9.17) is 14.2 Å². The van der Waals surface area contributed by atoms with Gasteiger partial charge in [0.05, 0.1) is 0 Å². The molecule has 0 amide bonds. The van der Waals surface area contributed by atoms with Crippen LogP contribution in [0.3, 0.4) is 0 Å². The van der Waals surface area contributed by atoms with Gasteiger partial charge in [0.2, 0.25) is 0 Å². The topological polar surface area (TPSA) is 78.9 Å². The van der Waals surface area contributed by atoms with Crippen LogP contribution >= 0.6 is 0 Å². The third kappa shape index (κ3) is 55.3. The highest BCUT2D eigenvalue weighted by molar-refractivity contribution is 5.71. The first-order valence-corrected chi connectivity index (χ1v) is 29.2. The molecule has 0 heterocycles. The van der Waals surface area contributed by atoms with Crippen molar-refractivity contribution in [1.29, 1.82) is 0 Å². The number of unbranched alkanes of at least 4 members (excludes halogenated alkanes) is 25. The van der Waals surface area contributed by atoms with Crippen LogP contribution in [0.15, 0.2) is 97.2 Å². The summed E-state index contributed by atoms with van der Waals surface area (Å²) in [6.45, 7) is 6.46. The van der Waals surface area contributed by atoms with E-state index in [0.29, 0.717) is 19.3 Å². The second kappa shape index (κ2) is 57.9. The van der Waals surface area contributed by atoms with Crippen molar-refractivity contribution in [3.05, 3.63) is 97.2 Å². The Hall–Kier alpha value is -3.67. The lowest BCUT2D eigenvalue weighted by molar-refractivity contribution is -0.167. The minimum atomic E-state index is -0.793. The third-order valence-electron chi connectivity index (χ3n) is 12.3. The molecule has 6 heteroatoms. The Morgan fingerprint density at radius 3 is 0.943 bits per heavy atom. The zero-order chi connectivity index (χ0) is 50.7. The van der Waals surface area contributed by atoms with E-state index < -0.39 is 6.10 Å². The maximum atomic E-state index is 12.8. The molecule has 6 nitrogen and oxygen atoms in total. The highest BCUT2D eigenvalue weighted by Gasteiger charge is 2.19. The number of carbonyl (C=O) groups excluding carboxylic acids is 3. The highest BCUT2D eigenvalue weighted by Crippen LogP contribution is 2.15. The van der Waals surface area contributed by atoms with Crippen LogP contribution in [0.1, 0.15) is 271 Å². The van der Waals surface area contributed by atoms with Crippen LogP contribution in [0.4, 0.5) is 0 Å². The van der Waals surface area contributed by atoms with Crippen molar-refractivity contribution < 1.29 is 28.6 Å². The summed E-state index contributed by atoms with van der Waals surface area (Å²) in [5.74, 6) is -0.929. The molecule has 0 aliphatic carbocycles. The molecule has 0 spiro atoms. The number of carbonyl (C=O) groups is 3. The van der Waals surface area contributed by atoms with Crippen molar-refractivity contribution in [3.63, 3.8) is 0 Å². The van der Waals surface area contributed by atoms with Gasteiger partial charge in [0.15, 0.2) is 6.10 Å². The summed E-state index contributed by atoms with van der Waals surface area (Å²) >= 11 is 0. The molecule has 0 bridgehead atoms. The van der Waals surface area contributed by atoms with Gasteiger partial charge in [-0.3, -0.25) is 14.4 Å². The van der Waals surface area contributed by atoms with E-state index in [2.05, 4.69) is 118 Å². The molecule has 1 atom stereocenters. The fraction of sp³-hybridized carbons (Fsp3) is 0.703. The summed E-state index contributed by atoms with van der Waals surface area (Å²) in [4.78, 5) is 38.1.